The number of carbonyl (C=O) groups excluding carboxylic acids is 1. The summed E-state index contributed by atoms with van der Waals surface area (Å²) in [7, 11) is -4.02. The molecule has 5 nitrogen and oxygen atoms in total. The summed E-state index contributed by atoms with van der Waals surface area (Å²) in [4.78, 5) is 11.3. The molecule has 0 fully saturated rings. The SMILES string of the molecule is C=CCNS(=O)(=O)c1cc(C(=O)NCC(C)C)ccc1F. The number of halogens is 1. The van der Waals surface area contributed by atoms with Crippen LogP contribution >= 0.6 is 0 Å². The molecule has 1 amide bonds. The molecule has 1 aromatic rings. The predicted molar refractivity (Wildman–Crippen MR) is 79.0 cm³/mol. The van der Waals surface area contributed by atoms with Crippen molar-refractivity contribution in [2.75, 3.05) is 13.1 Å². The highest BCUT2D eigenvalue weighted by atomic mass is 32.2. The van der Waals surface area contributed by atoms with Crippen molar-refractivity contribution in [3.63, 3.8) is 0 Å². The second-order valence-corrected chi connectivity index (χ2v) is 6.63. The molecular formula is C14H19FN2O3S. The molecule has 7 heteroatoms. The average Bonchev–Trinajstić information content (AvgIpc) is 2.42. The first kappa shape index (κ1) is 17.3. The molecule has 0 radical (unpaired) electrons. The van der Waals surface area contributed by atoms with E-state index < -0.39 is 26.6 Å². The third-order valence-corrected chi connectivity index (χ3v) is 4.01. The van der Waals surface area contributed by atoms with Crippen LogP contribution in [0.2, 0.25) is 0 Å². The maximum atomic E-state index is 13.7. The molecular weight excluding hydrogens is 295 g/mol. The molecule has 0 saturated heterocycles. The summed E-state index contributed by atoms with van der Waals surface area (Å²) in [6.07, 6.45) is 1.34. The fourth-order valence-electron chi connectivity index (χ4n) is 1.50. The smallest absolute Gasteiger partial charge is 0.251 e. The molecule has 0 aliphatic carbocycles. The van der Waals surface area contributed by atoms with Gasteiger partial charge in [0, 0.05) is 18.7 Å². The van der Waals surface area contributed by atoms with E-state index in [-0.39, 0.29) is 18.0 Å². The number of sulfonamides is 1. The summed E-state index contributed by atoms with van der Waals surface area (Å²) in [5.41, 5.74) is 0.0935. The zero-order valence-corrected chi connectivity index (χ0v) is 12.8. The minimum absolute atomic E-state index is 0.0223. The lowest BCUT2D eigenvalue weighted by atomic mass is 10.2. The summed E-state index contributed by atoms with van der Waals surface area (Å²) < 4.78 is 39.7. The molecule has 1 aromatic carbocycles. The molecule has 0 aliphatic heterocycles. The van der Waals surface area contributed by atoms with Crippen LogP contribution in [0.4, 0.5) is 4.39 Å². The first-order chi connectivity index (χ1) is 9.77. The van der Waals surface area contributed by atoms with Crippen molar-refractivity contribution in [2.45, 2.75) is 18.7 Å². The van der Waals surface area contributed by atoms with E-state index in [0.717, 1.165) is 12.1 Å². The normalized spacial score (nSPS) is 11.4. The van der Waals surface area contributed by atoms with Gasteiger partial charge in [-0.1, -0.05) is 19.9 Å². The summed E-state index contributed by atoms with van der Waals surface area (Å²) in [5, 5.41) is 2.65. The predicted octanol–water partition coefficient (Wildman–Crippen LogP) is 1.68. The second-order valence-electron chi connectivity index (χ2n) is 4.89. The molecule has 0 bridgehead atoms. The molecule has 0 unspecified atom stereocenters. The molecule has 1 rings (SSSR count). The van der Waals surface area contributed by atoms with E-state index in [0.29, 0.717) is 6.54 Å². The van der Waals surface area contributed by atoms with Gasteiger partial charge in [-0.2, -0.15) is 0 Å². The van der Waals surface area contributed by atoms with Crippen LogP contribution < -0.4 is 10.0 Å². The number of hydrogen-bond acceptors (Lipinski definition) is 3. The van der Waals surface area contributed by atoms with Crippen LogP contribution in [0.25, 0.3) is 0 Å². The summed E-state index contributed by atoms with van der Waals surface area (Å²) in [5.74, 6) is -1.09. The topological polar surface area (TPSA) is 75.3 Å². The highest BCUT2D eigenvalue weighted by Gasteiger charge is 2.20. The molecule has 0 spiro atoms. The van der Waals surface area contributed by atoms with E-state index in [4.69, 9.17) is 0 Å². The highest BCUT2D eigenvalue weighted by molar-refractivity contribution is 7.89. The summed E-state index contributed by atoms with van der Waals surface area (Å²) >= 11 is 0. The Morgan fingerprint density at radius 1 is 1.43 bits per heavy atom. The van der Waals surface area contributed by atoms with Gasteiger partial charge < -0.3 is 5.32 Å². The minimum Gasteiger partial charge on any atom is -0.352 e. The number of hydrogen-bond donors (Lipinski definition) is 2. The van der Waals surface area contributed by atoms with Gasteiger partial charge in [-0.05, 0) is 24.1 Å². The third kappa shape index (κ3) is 4.95. The highest BCUT2D eigenvalue weighted by Crippen LogP contribution is 2.16. The van der Waals surface area contributed by atoms with Crippen LogP contribution in [0, 0.1) is 11.7 Å². The van der Waals surface area contributed by atoms with Crippen LogP contribution in [0.3, 0.4) is 0 Å². The van der Waals surface area contributed by atoms with Crippen molar-refractivity contribution in [1.82, 2.24) is 10.0 Å². The molecule has 0 atom stereocenters. The largest absolute Gasteiger partial charge is 0.352 e. The van der Waals surface area contributed by atoms with Gasteiger partial charge in [-0.25, -0.2) is 17.5 Å². The molecule has 0 aliphatic rings. The molecule has 21 heavy (non-hydrogen) atoms. The van der Waals surface area contributed by atoms with Gasteiger partial charge in [0.1, 0.15) is 10.7 Å². The lowest BCUT2D eigenvalue weighted by Crippen LogP contribution is -2.28. The Morgan fingerprint density at radius 2 is 2.10 bits per heavy atom. The van der Waals surface area contributed by atoms with E-state index in [2.05, 4.69) is 16.6 Å². The van der Waals surface area contributed by atoms with Gasteiger partial charge in [-0.15, -0.1) is 6.58 Å². The number of benzene rings is 1. The molecule has 0 aromatic heterocycles. The maximum absolute atomic E-state index is 13.7. The van der Waals surface area contributed by atoms with Gasteiger partial charge in [0.2, 0.25) is 10.0 Å². The fraction of sp³-hybridized carbons (Fsp3) is 0.357. The van der Waals surface area contributed by atoms with Gasteiger partial charge in [0.15, 0.2) is 0 Å². The summed E-state index contributed by atoms with van der Waals surface area (Å²) in [6, 6.07) is 3.24. The van der Waals surface area contributed by atoms with Crippen molar-refractivity contribution in [3.05, 3.63) is 42.2 Å². The van der Waals surface area contributed by atoms with Gasteiger partial charge in [0.05, 0.1) is 0 Å². The maximum Gasteiger partial charge on any atom is 0.251 e. The fourth-order valence-corrected chi connectivity index (χ4v) is 2.60. The van der Waals surface area contributed by atoms with E-state index in [1.165, 1.54) is 12.1 Å². The van der Waals surface area contributed by atoms with Gasteiger partial charge in [-0.3, -0.25) is 4.79 Å². The minimum atomic E-state index is -4.02. The monoisotopic (exact) mass is 314 g/mol. The Morgan fingerprint density at radius 3 is 2.67 bits per heavy atom. The van der Waals surface area contributed by atoms with Crippen molar-refractivity contribution in [2.24, 2.45) is 5.92 Å². The van der Waals surface area contributed by atoms with Crippen LogP contribution in [0.5, 0.6) is 0 Å². The van der Waals surface area contributed by atoms with Crippen molar-refractivity contribution >= 4 is 15.9 Å². The zero-order valence-electron chi connectivity index (χ0n) is 12.0. The van der Waals surface area contributed by atoms with E-state index >= 15 is 0 Å². The van der Waals surface area contributed by atoms with Crippen molar-refractivity contribution in [3.8, 4) is 0 Å². The Balaban J connectivity index is 3.05. The van der Waals surface area contributed by atoms with Crippen molar-refractivity contribution in [1.29, 1.82) is 0 Å². The van der Waals surface area contributed by atoms with Crippen molar-refractivity contribution < 1.29 is 17.6 Å². The molecule has 0 saturated carbocycles. The van der Waals surface area contributed by atoms with Crippen LogP contribution in [0.1, 0.15) is 24.2 Å². The number of rotatable bonds is 7. The van der Waals surface area contributed by atoms with E-state index in [9.17, 15) is 17.6 Å². The quantitative estimate of drug-likeness (QED) is 0.752. The molecule has 116 valence electrons. The molecule has 0 heterocycles. The Bertz CT molecular complexity index is 627. The second kappa shape index (κ2) is 7.33. The van der Waals surface area contributed by atoms with Crippen LogP contribution in [0.15, 0.2) is 35.7 Å². The molecule has 2 N–H and O–H groups in total. The van der Waals surface area contributed by atoms with Crippen LogP contribution in [-0.4, -0.2) is 27.4 Å². The Labute approximate surface area is 124 Å². The standard InChI is InChI=1S/C14H19FN2O3S/c1-4-7-17-21(19,20)13-8-11(5-6-12(13)15)14(18)16-9-10(2)3/h4-6,8,10,17H,1,7,9H2,2-3H3,(H,16,18). The first-order valence-corrected chi connectivity index (χ1v) is 7.94. The summed E-state index contributed by atoms with van der Waals surface area (Å²) in [6.45, 7) is 7.67. The first-order valence-electron chi connectivity index (χ1n) is 6.46. The van der Waals surface area contributed by atoms with Gasteiger partial charge in [0.25, 0.3) is 5.91 Å². The average molecular weight is 314 g/mol. The Kier molecular flexibility index (Phi) is 6.04. The Hall–Kier alpha value is -1.73. The van der Waals surface area contributed by atoms with E-state index in [1.54, 1.807) is 0 Å². The lowest BCUT2D eigenvalue weighted by molar-refractivity contribution is 0.0948. The third-order valence-electron chi connectivity index (χ3n) is 2.57. The van der Waals surface area contributed by atoms with Crippen LogP contribution in [-0.2, 0) is 10.0 Å². The zero-order chi connectivity index (χ0) is 16.0. The number of carbonyl (C=O) groups is 1. The van der Waals surface area contributed by atoms with Gasteiger partial charge >= 0.3 is 0 Å². The number of nitrogens with one attached hydrogen (secondary N) is 2. The number of amides is 1. The van der Waals surface area contributed by atoms with E-state index in [1.807, 2.05) is 13.8 Å². The lowest BCUT2D eigenvalue weighted by Gasteiger charge is -2.10.